The normalized spacial score (nSPS) is 22.2. The molecule has 0 heterocycles. The van der Waals surface area contributed by atoms with Gasteiger partial charge in [0.2, 0.25) is 0 Å². The zero-order valence-electron chi connectivity index (χ0n) is 11.3. The molecule has 1 aromatic rings. The van der Waals surface area contributed by atoms with E-state index < -0.39 is 0 Å². The summed E-state index contributed by atoms with van der Waals surface area (Å²) in [6, 6.07) is 5.67. The summed E-state index contributed by atoms with van der Waals surface area (Å²) in [6.45, 7) is 7.49. The van der Waals surface area contributed by atoms with Crippen molar-refractivity contribution in [1.29, 1.82) is 0 Å². The summed E-state index contributed by atoms with van der Waals surface area (Å²) in [5, 5.41) is 0. The van der Waals surface area contributed by atoms with Gasteiger partial charge in [-0.25, -0.2) is 4.39 Å². The molecule has 2 atom stereocenters. The van der Waals surface area contributed by atoms with Crippen LogP contribution in [-0.4, -0.2) is 0 Å². The van der Waals surface area contributed by atoms with Gasteiger partial charge >= 0.3 is 0 Å². The molecule has 1 heteroatoms. The first kappa shape index (κ1) is 13.8. The maximum atomic E-state index is 14.0. The van der Waals surface area contributed by atoms with E-state index in [1.165, 1.54) is 0 Å². The van der Waals surface area contributed by atoms with Gasteiger partial charge in [-0.2, -0.15) is 0 Å². The van der Waals surface area contributed by atoms with Crippen molar-refractivity contribution < 1.29 is 4.39 Å². The van der Waals surface area contributed by atoms with Gasteiger partial charge in [0.1, 0.15) is 5.82 Å². The number of halogens is 1. The van der Waals surface area contributed by atoms with E-state index in [0.29, 0.717) is 11.8 Å². The topological polar surface area (TPSA) is 0 Å². The maximum absolute atomic E-state index is 14.0. The van der Waals surface area contributed by atoms with Gasteiger partial charge in [0, 0.05) is 5.92 Å². The standard InChI is InChI=1S/C18H21F/c1-3-5-6-16-11-12-17(13-18(16)19)15-9-7-14(4-2)8-10-15/h3-4,7,9,11-15H,1-2,5-6,8,10H2. The van der Waals surface area contributed by atoms with Crippen molar-refractivity contribution in [3.63, 3.8) is 0 Å². The van der Waals surface area contributed by atoms with Crippen molar-refractivity contribution in [2.75, 3.05) is 0 Å². The molecule has 0 aliphatic heterocycles. The Morgan fingerprint density at radius 3 is 2.63 bits per heavy atom. The van der Waals surface area contributed by atoms with Gasteiger partial charge in [0.05, 0.1) is 0 Å². The van der Waals surface area contributed by atoms with Gasteiger partial charge in [-0.3, -0.25) is 0 Å². The molecular formula is C18H21F. The van der Waals surface area contributed by atoms with Gasteiger partial charge in [0.25, 0.3) is 0 Å². The molecule has 0 spiro atoms. The third-order valence-electron chi connectivity index (χ3n) is 3.83. The lowest BCUT2D eigenvalue weighted by Gasteiger charge is -2.21. The average molecular weight is 256 g/mol. The molecule has 1 aromatic carbocycles. The number of allylic oxidation sites excluding steroid dienone is 4. The highest BCUT2D eigenvalue weighted by Gasteiger charge is 2.16. The van der Waals surface area contributed by atoms with Gasteiger partial charge < -0.3 is 0 Å². The highest BCUT2D eigenvalue weighted by molar-refractivity contribution is 5.31. The SMILES string of the molecule is C=CCCc1ccc(C2C=CC(C=C)CC2)cc1F. The lowest BCUT2D eigenvalue weighted by atomic mass is 9.84. The highest BCUT2D eigenvalue weighted by atomic mass is 19.1. The zero-order valence-corrected chi connectivity index (χ0v) is 11.3. The van der Waals surface area contributed by atoms with Crippen LogP contribution in [0, 0.1) is 11.7 Å². The van der Waals surface area contributed by atoms with E-state index in [1.54, 1.807) is 6.07 Å². The lowest BCUT2D eigenvalue weighted by molar-refractivity contribution is 0.572. The molecule has 0 fully saturated rings. The van der Waals surface area contributed by atoms with Crippen molar-refractivity contribution in [2.45, 2.75) is 31.6 Å². The molecule has 100 valence electrons. The minimum absolute atomic E-state index is 0.0846. The van der Waals surface area contributed by atoms with Crippen molar-refractivity contribution in [3.05, 3.63) is 72.6 Å². The van der Waals surface area contributed by atoms with Crippen molar-refractivity contribution >= 4 is 0 Å². The number of hydrogen-bond donors (Lipinski definition) is 0. The van der Waals surface area contributed by atoms with Crippen LogP contribution in [0.3, 0.4) is 0 Å². The number of rotatable bonds is 5. The monoisotopic (exact) mass is 256 g/mol. The second-order valence-corrected chi connectivity index (χ2v) is 5.15. The Labute approximate surface area is 115 Å². The summed E-state index contributed by atoms with van der Waals surface area (Å²) in [4.78, 5) is 0. The van der Waals surface area contributed by atoms with Crippen LogP contribution in [0.5, 0.6) is 0 Å². The Morgan fingerprint density at radius 1 is 1.21 bits per heavy atom. The Kier molecular flexibility index (Phi) is 4.73. The van der Waals surface area contributed by atoms with Crippen LogP contribution < -0.4 is 0 Å². The van der Waals surface area contributed by atoms with Gasteiger partial charge in [-0.05, 0) is 48.8 Å². The van der Waals surface area contributed by atoms with Crippen LogP contribution in [0.2, 0.25) is 0 Å². The minimum atomic E-state index is -0.0846. The van der Waals surface area contributed by atoms with E-state index in [-0.39, 0.29) is 5.82 Å². The van der Waals surface area contributed by atoms with E-state index in [9.17, 15) is 4.39 Å². The first-order chi connectivity index (χ1) is 9.24. The van der Waals surface area contributed by atoms with Gasteiger partial charge in [-0.1, -0.05) is 36.4 Å². The predicted molar refractivity (Wildman–Crippen MR) is 79.7 cm³/mol. The Balaban J connectivity index is 2.11. The van der Waals surface area contributed by atoms with E-state index >= 15 is 0 Å². The molecule has 0 saturated carbocycles. The summed E-state index contributed by atoms with van der Waals surface area (Å²) >= 11 is 0. The Bertz CT molecular complexity index is 484. The fourth-order valence-corrected chi connectivity index (χ4v) is 2.57. The van der Waals surface area contributed by atoms with Crippen LogP contribution in [0.15, 0.2) is 55.7 Å². The van der Waals surface area contributed by atoms with E-state index in [1.807, 2.05) is 18.2 Å². The van der Waals surface area contributed by atoms with Crippen molar-refractivity contribution in [2.24, 2.45) is 5.92 Å². The summed E-state index contributed by atoms with van der Waals surface area (Å²) in [5.74, 6) is 0.741. The molecule has 0 aromatic heterocycles. The fraction of sp³-hybridized carbons (Fsp3) is 0.333. The summed E-state index contributed by atoms with van der Waals surface area (Å²) in [5.41, 5.74) is 1.87. The lowest BCUT2D eigenvalue weighted by Crippen LogP contribution is -2.06. The smallest absolute Gasteiger partial charge is 0.126 e. The third-order valence-corrected chi connectivity index (χ3v) is 3.83. The summed E-state index contributed by atoms with van der Waals surface area (Å²) in [6.07, 6.45) is 11.9. The molecule has 2 rings (SSSR count). The molecule has 0 amide bonds. The van der Waals surface area contributed by atoms with Crippen molar-refractivity contribution in [1.82, 2.24) is 0 Å². The number of benzene rings is 1. The molecule has 0 N–H and O–H groups in total. The molecule has 0 nitrogen and oxygen atoms in total. The van der Waals surface area contributed by atoms with Crippen LogP contribution >= 0.6 is 0 Å². The first-order valence-corrected chi connectivity index (χ1v) is 6.94. The van der Waals surface area contributed by atoms with Gasteiger partial charge in [-0.15, -0.1) is 13.2 Å². The summed E-state index contributed by atoms with van der Waals surface area (Å²) in [7, 11) is 0. The minimum Gasteiger partial charge on any atom is -0.207 e. The zero-order chi connectivity index (χ0) is 13.7. The molecule has 2 unspecified atom stereocenters. The second-order valence-electron chi connectivity index (χ2n) is 5.15. The van der Waals surface area contributed by atoms with Gasteiger partial charge in [0.15, 0.2) is 0 Å². The largest absolute Gasteiger partial charge is 0.207 e. The van der Waals surface area contributed by atoms with E-state index in [2.05, 4.69) is 31.4 Å². The quantitative estimate of drug-likeness (QED) is 0.637. The molecule has 0 radical (unpaired) electrons. The number of aryl methyl sites for hydroxylation is 1. The highest BCUT2D eigenvalue weighted by Crippen LogP contribution is 2.31. The second kappa shape index (κ2) is 6.51. The van der Waals surface area contributed by atoms with E-state index in [0.717, 1.165) is 36.8 Å². The molecule has 19 heavy (non-hydrogen) atoms. The Morgan fingerprint density at radius 2 is 2.05 bits per heavy atom. The molecule has 0 saturated heterocycles. The van der Waals surface area contributed by atoms with Crippen LogP contribution in [0.25, 0.3) is 0 Å². The van der Waals surface area contributed by atoms with E-state index in [4.69, 9.17) is 0 Å². The van der Waals surface area contributed by atoms with Crippen LogP contribution in [0.4, 0.5) is 4.39 Å². The molecule has 1 aliphatic carbocycles. The molecular weight excluding hydrogens is 235 g/mol. The first-order valence-electron chi connectivity index (χ1n) is 6.94. The van der Waals surface area contributed by atoms with Crippen LogP contribution in [0.1, 0.15) is 36.3 Å². The fourth-order valence-electron chi connectivity index (χ4n) is 2.57. The maximum Gasteiger partial charge on any atom is 0.126 e. The average Bonchev–Trinajstić information content (AvgIpc) is 2.46. The Hall–Kier alpha value is -1.63. The third kappa shape index (κ3) is 3.44. The number of hydrogen-bond acceptors (Lipinski definition) is 0. The van der Waals surface area contributed by atoms with Crippen molar-refractivity contribution in [3.8, 4) is 0 Å². The molecule has 1 aliphatic rings. The summed E-state index contributed by atoms with van der Waals surface area (Å²) < 4.78 is 14.0. The van der Waals surface area contributed by atoms with Crippen LogP contribution in [-0.2, 0) is 6.42 Å². The predicted octanol–water partition coefficient (Wildman–Crippen LogP) is 5.18. The molecule has 0 bridgehead atoms.